The van der Waals surface area contributed by atoms with Crippen molar-refractivity contribution in [1.29, 1.82) is 0 Å². The molecular formula is C11H10N2O3. The number of aliphatic carboxylic acids is 1. The predicted octanol–water partition coefficient (Wildman–Crippen LogP) is 1.15. The molecule has 1 aromatic heterocycles. The van der Waals surface area contributed by atoms with Crippen molar-refractivity contribution in [3.05, 3.63) is 30.0 Å². The summed E-state index contributed by atoms with van der Waals surface area (Å²) in [6.45, 7) is 0. The fourth-order valence-electron chi connectivity index (χ4n) is 1.52. The van der Waals surface area contributed by atoms with E-state index in [0.717, 1.165) is 0 Å². The average molecular weight is 218 g/mol. The lowest BCUT2D eigenvalue weighted by Crippen LogP contribution is -2.00. The molecule has 0 saturated carbocycles. The lowest BCUT2D eigenvalue weighted by molar-refractivity contribution is -0.136. The summed E-state index contributed by atoms with van der Waals surface area (Å²) < 4.78 is 0. The largest absolute Gasteiger partial charge is 0.504 e. The molecule has 0 fully saturated rings. The van der Waals surface area contributed by atoms with Gasteiger partial charge in [-0.15, -0.1) is 0 Å². The summed E-state index contributed by atoms with van der Waals surface area (Å²) >= 11 is 0. The van der Waals surface area contributed by atoms with Gasteiger partial charge in [0.1, 0.15) is 5.52 Å². The minimum absolute atomic E-state index is 0.0700. The van der Waals surface area contributed by atoms with Crippen LogP contribution in [-0.4, -0.2) is 21.2 Å². The maximum Gasteiger partial charge on any atom is 0.307 e. The normalized spacial score (nSPS) is 10.5. The number of anilines is 1. The first-order valence-electron chi connectivity index (χ1n) is 4.66. The molecule has 0 radical (unpaired) electrons. The average Bonchev–Trinajstić information content (AvgIpc) is 2.23. The van der Waals surface area contributed by atoms with Crippen molar-refractivity contribution in [2.24, 2.45) is 0 Å². The molecule has 0 aliphatic heterocycles. The highest BCUT2D eigenvalue weighted by Gasteiger charge is 2.07. The van der Waals surface area contributed by atoms with Crippen LogP contribution < -0.4 is 5.73 Å². The number of nitrogen functional groups attached to an aromatic ring is 1. The predicted molar refractivity (Wildman–Crippen MR) is 59.2 cm³/mol. The van der Waals surface area contributed by atoms with Crippen molar-refractivity contribution in [1.82, 2.24) is 4.98 Å². The second kappa shape index (κ2) is 3.69. The molecule has 16 heavy (non-hydrogen) atoms. The van der Waals surface area contributed by atoms with Crippen molar-refractivity contribution in [3.8, 4) is 5.75 Å². The van der Waals surface area contributed by atoms with E-state index in [4.69, 9.17) is 10.8 Å². The van der Waals surface area contributed by atoms with E-state index in [2.05, 4.69) is 4.98 Å². The first kappa shape index (κ1) is 10.2. The van der Waals surface area contributed by atoms with E-state index in [1.165, 1.54) is 6.20 Å². The maximum absolute atomic E-state index is 10.5. The molecule has 1 heterocycles. The number of hydrogen-bond acceptors (Lipinski definition) is 4. The molecule has 82 valence electrons. The number of carboxylic acids is 1. The van der Waals surface area contributed by atoms with E-state index < -0.39 is 5.97 Å². The summed E-state index contributed by atoms with van der Waals surface area (Å²) in [7, 11) is 0. The van der Waals surface area contributed by atoms with Crippen molar-refractivity contribution in [3.63, 3.8) is 0 Å². The Kier molecular flexibility index (Phi) is 2.36. The standard InChI is InChI=1S/C11H10N2O3/c12-8-2-1-7-3-6(4-9(14)15)5-13-10(7)11(8)16/h1-3,5,16H,4,12H2,(H,14,15). The zero-order chi connectivity index (χ0) is 11.7. The van der Waals surface area contributed by atoms with Crippen LogP contribution in [0.2, 0.25) is 0 Å². The number of rotatable bonds is 2. The van der Waals surface area contributed by atoms with Crippen LogP contribution in [0.25, 0.3) is 10.9 Å². The van der Waals surface area contributed by atoms with Gasteiger partial charge in [0.2, 0.25) is 0 Å². The van der Waals surface area contributed by atoms with Crippen molar-refractivity contribution in [2.45, 2.75) is 6.42 Å². The second-order valence-corrected chi connectivity index (χ2v) is 3.49. The Labute approximate surface area is 91.2 Å². The summed E-state index contributed by atoms with van der Waals surface area (Å²) in [4.78, 5) is 14.5. The Morgan fingerprint density at radius 2 is 2.19 bits per heavy atom. The SMILES string of the molecule is Nc1ccc2cc(CC(=O)O)cnc2c1O. The molecule has 0 bridgehead atoms. The van der Waals surface area contributed by atoms with Crippen molar-refractivity contribution >= 4 is 22.6 Å². The summed E-state index contributed by atoms with van der Waals surface area (Å²) in [6.07, 6.45) is 1.34. The van der Waals surface area contributed by atoms with E-state index in [1.807, 2.05) is 0 Å². The summed E-state index contributed by atoms with van der Waals surface area (Å²) in [5, 5.41) is 18.9. The van der Waals surface area contributed by atoms with Crippen LogP contribution >= 0.6 is 0 Å². The van der Waals surface area contributed by atoms with E-state index in [-0.39, 0.29) is 17.9 Å². The number of phenols is 1. The molecule has 0 atom stereocenters. The van der Waals surface area contributed by atoms with Gasteiger partial charge in [-0.2, -0.15) is 0 Å². The van der Waals surface area contributed by atoms with Gasteiger partial charge in [0, 0.05) is 11.6 Å². The topological polar surface area (TPSA) is 96.4 Å². The van der Waals surface area contributed by atoms with Gasteiger partial charge in [-0.25, -0.2) is 0 Å². The van der Waals surface area contributed by atoms with Gasteiger partial charge in [0.25, 0.3) is 0 Å². The number of carboxylic acid groups (broad SMARTS) is 1. The summed E-state index contributed by atoms with van der Waals surface area (Å²) in [5.74, 6) is -0.986. The highest BCUT2D eigenvalue weighted by molar-refractivity contribution is 5.89. The Hall–Kier alpha value is -2.30. The second-order valence-electron chi connectivity index (χ2n) is 3.49. The Balaban J connectivity index is 2.56. The molecule has 0 spiro atoms. The van der Waals surface area contributed by atoms with Crippen LogP contribution in [0.1, 0.15) is 5.56 Å². The highest BCUT2D eigenvalue weighted by atomic mass is 16.4. The molecule has 5 heteroatoms. The first-order chi connectivity index (χ1) is 7.58. The summed E-state index contributed by atoms with van der Waals surface area (Å²) in [5.41, 5.74) is 6.75. The van der Waals surface area contributed by atoms with Crippen LogP contribution in [-0.2, 0) is 11.2 Å². The monoisotopic (exact) mass is 218 g/mol. The van der Waals surface area contributed by atoms with Crippen LogP contribution in [0.15, 0.2) is 24.4 Å². The minimum Gasteiger partial charge on any atom is -0.504 e. The molecule has 4 N–H and O–H groups in total. The third-order valence-corrected chi connectivity index (χ3v) is 2.27. The number of fused-ring (bicyclic) bond motifs is 1. The number of nitrogens with two attached hydrogens (primary N) is 1. The van der Waals surface area contributed by atoms with Crippen LogP contribution in [0.5, 0.6) is 5.75 Å². The van der Waals surface area contributed by atoms with Gasteiger partial charge >= 0.3 is 5.97 Å². The Morgan fingerprint density at radius 1 is 1.44 bits per heavy atom. The molecule has 2 rings (SSSR count). The van der Waals surface area contributed by atoms with Gasteiger partial charge in [0.15, 0.2) is 5.75 Å². The van der Waals surface area contributed by atoms with Crippen LogP contribution in [0.3, 0.4) is 0 Å². The molecule has 2 aromatic rings. The van der Waals surface area contributed by atoms with Gasteiger partial charge < -0.3 is 15.9 Å². The van der Waals surface area contributed by atoms with Crippen LogP contribution in [0, 0.1) is 0 Å². The maximum atomic E-state index is 10.5. The number of benzene rings is 1. The smallest absolute Gasteiger partial charge is 0.307 e. The third kappa shape index (κ3) is 1.75. The quantitative estimate of drug-likeness (QED) is 0.519. The number of carbonyl (C=O) groups is 1. The number of pyridine rings is 1. The van der Waals surface area contributed by atoms with Crippen LogP contribution in [0.4, 0.5) is 5.69 Å². The molecule has 0 aliphatic carbocycles. The van der Waals surface area contributed by atoms with E-state index >= 15 is 0 Å². The van der Waals surface area contributed by atoms with Crippen molar-refractivity contribution in [2.75, 3.05) is 5.73 Å². The van der Waals surface area contributed by atoms with Crippen molar-refractivity contribution < 1.29 is 15.0 Å². The van der Waals surface area contributed by atoms with E-state index in [0.29, 0.717) is 16.5 Å². The molecule has 0 saturated heterocycles. The Morgan fingerprint density at radius 3 is 2.88 bits per heavy atom. The summed E-state index contributed by atoms with van der Waals surface area (Å²) in [6, 6.07) is 4.93. The molecule has 0 aliphatic rings. The van der Waals surface area contributed by atoms with Gasteiger partial charge in [-0.05, 0) is 17.7 Å². The zero-order valence-corrected chi connectivity index (χ0v) is 8.34. The zero-order valence-electron chi connectivity index (χ0n) is 8.34. The van der Waals surface area contributed by atoms with Gasteiger partial charge in [-0.1, -0.05) is 6.07 Å². The number of aromatic hydroxyl groups is 1. The molecule has 5 nitrogen and oxygen atoms in total. The van der Waals surface area contributed by atoms with Gasteiger partial charge in [0.05, 0.1) is 12.1 Å². The lowest BCUT2D eigenvalue weighted by atomic mass is 10.1. The van der Waals surface area contributed by atoms with E-state index in [1.54, 1.807) is 18.2 Å². The number of nitrogens with zero attached hydrogens (tertiary/aromatic N) is 1. The lowest BCUT2D eigenvalue weighted by Gasteiger charge is -2.04. The fraction of sp³-hybridized carbons (Fsp3) is 0.0909. The third-order valence-electron chi connectivity index (χ3n) is 2.27. The number of phenolic OH excluding ortho intramolecular Hbond substituents is 1. The minimum atomic E-state index is -0.916. The Bertz CT molecular complexity index is 566. The highest BCUT2D eigenvalue weighted by Crippen LogP contribution is 2.29. The molecular weight excluding hydrogens is 208 g/mol. The van der Waals surface area contributed by atoms with Gasteiger partial charge in [-0.3, -0.25) is 9.78 Å². The number of hydrogen-bond donors (Lipinski definition) is 3. The molecule has 0 amide bonds. The first-order valence-corrected chi connectivity index (χ1v) is 4.66. The molecule has 0 unspecified atom stereocenters. The number of aromatic nitrogens is 1. The molecule has 1 aromatic carbocycles. The fourth-order valence-corrected chi connectivity index (χ4v) is 1.52. The van der Waals surface area contributed by atoms with E-state index in [9.17, 15) is 9.90 Å².